The summed E-state index contributed by atoms with van der Waals surface area (Å²) in [6.45, 7) is 2.01. The maximum Gasteiger partial charge on any atom is 0.226 e. The summed E-state index contributed by atoms with van der Waals surface area (Å²) in [5.41, 5.74) is 2.08. The van der Waals surface area contributed by atoms with Crippen LogP contribution in [0.1, 0.15) is 31.7 Å². The largest absolute Gasteiger partial charge is 0.392 e. The van der Waals surface area contributed by atoms with Crippen LogP contribution in [-0.2, 0) is 11.2 Å². The highest BCUT2D eigenvalue weighted by molar-refractivity contribution is 5.90. The standard InChI is InChI=1S/C20H25NO2/c1-16(9-8-12-17-10-4-2-5-11-17)19(22)15-20(23)21-18-13-6-3-7-14-18/h2-7,10-11,13-14,16,19,22H,8-9,12,15H2,1H3,(H,21,23)/t16-,19+/m0/s1. The first-order valence-electron chi connectivity index (χ1n) is 8.22. The Kier molecular flexibility index (Phi) is 6.82. The smallest absolute Gasteiger partial charge is 0.226 e. The van der Waals surface area contributed by atoms with Crippen LogP contribution in [0.5, 0.6) is 0 Å². The summed E-state index contributed by atoms with van der Waals surface area (Å²) in [5, 5.41) is 13.0. The van der Waals surface area contributed by atoms with E-state index in [1.54, 1.807) is 0 Å². The van der Waals surface area contributed by atoms with Gasteiger partial charge in [-0.15, -0.1) is 0 Å². The molecule has 0 heterocycles. The van der Waals surface area contributed by atoms with Gasteiger partial charge < -0.3 is 10.4 Å². The number of para-hydroxylation sites is 1. The van der Waals surface area contributed by atoms with Crippen molar-refractivity contribution in [2.45, 2.75) is 38.7 Å². The van der Waals surface area contributed by atoms with E-state index >= 15 is 0 Å². The molecule has 0 aliphatic rings. The number of nitrogens with one attached hydrogen (secondary N) is 1. The average Bonchev–Trinajstić information content (AvgIpc) is 2.56. The quantitative estimate of drug-likeness (QED) is 0.773. The van der Waals surface area contributed by atoms with Gasteiger partial charge in [0.2, 0.25) is 5.91 Å². The molecule has 0 aromatic heterocycles. The molecule has 122 valence electrons. The molecule has 1 amide bonds. The van der Waals surface area contributed by atoms with Gasteiger partial charge in [-0.1, -0.05) is 55.5 Å². The van der Waals surface area contributed by atoms with Crippen molar-refractivity contribution in [3.05, 3.63) is 66.2 Å². The molecule has 2 aromatic rings. The highest BCUT2D eigenvalue weighted by Gasteiger charge is 2.17. The lowest BCUT2D eigenvalue weighted by Gasteiger charge is -2.18. The number of hydrogen-bond acceptors (Lipinski definition) is 2. The predicted molar refractivity (Wildman–Crippen MR) is 94.2 cm³/mol. The number of rotatable bonds is 8. The molecule has 3 nitrogen and oxygen atoms in total. The molecule has 0 aliphatic heterocycles. The normalized spacial score (nSPS) is 13.3. The number of anilines is 1. The Labute approximate surface area is 138 Å². The molecule has 2 rings (SSSR count). The fourth-order valence-corrected chi connectivity index (χ4v) is 2.59. The van der Waals surface area contributed by atoms with Crippen LogP contribution >= 0.6 is 0 Å². The third-order valence-corrected chi connectivity index (χ3v) is 4.08. The third-order valence-electron chi connectivity index (χ3n) is 4.08. The molecule has 0 aliphatic carbocycles. The van der Waals surface area contributed by atoms with Gasteiger partial charge in [0, 0.05) is 5.69 Å². The van der Waals surface area contributed by atoms with Crippen LogP contribution in [0.3, 0.4) is 0 Å². The molecule has 0 saturated carbocycles. The summed E-state index contributed by atoms with van der Waals surface area (Å²) >= 11 is 0. The molecule has 0 radical (unpaired) electrons. The Morgan fingerprint density at radius 3 is 2.30 bits per heavy atom. The molecule has 0 bridgehead atoms. The van der Waals surface area contributed by atoms with E-state index in [1.165, 1.54) is 5.56 Å². The molecule has 2 N–H and O–H groups in total. The Balaban J connectivity index is 1.69. The summed E-state index contributed by atoms with van der Waals surface area (Å²) in [6.07, 6.45) is 2.47. The van der Waals surface area contributed by atoms with E-state index < -0.39 is 6.10 Å². The molecule has 0 fully saturated rings. The maximum absolute atomic E-state index is 12.0. The SMILES string of the molecule is C[C@@H](CCCc1ccccc1)[C@H](O)CC(=O)Nc1ccccc1. The zero-order valence-electron chi connectivity index (χ0n) is 13.6. The lowest BCUT2D eigenvalue weighted by atomic mass is 9.94. The maximum atomic E-state index is 12.0. The lowest BCUT2D eigenvalue weighted by Crippen LogP contribution is -2.25. The zero-order chi connectivity index (χ0) is 16.5. The van der Waals surface area contributed by atoms with Crippen LogP contribution in [-0.4, -0.2) is 17.1 Å². The minimum atomic E-state index is -0.602. The molecule has 3 heteroatoms. The summed E-state index contributed by atoms with van der Waals surface area (Å²) < 4.78 is 0. The predicted octanol–water partition coefficient (Wildman–Crippen LogP) is 4.04. The second-order valence-electron chi connectivity index (χ2n) is 6.04. The van der Waals surface area contributed by atoms with Gasteiger partial charge in [0.1, 0.15) is 0 Å². The fourth-order valence-electron chi connectivity index (χ4n) is 2.59. The number of carbonyl (C=O) groups excluding carboxylic acids is 1. The Morgan fingerprint density at radius 1 is 1.04 bits per heavy atom. The summed E-state index contributed by atoms with van der Waals surface area (Å²) in [4.78, 5) is 12.0. The number of carbonyl (C=O) groups is 1. The van der Waals surface area contributed by atoms with Crippen LogP contribution in [0, 0.1) is 5.92 Å². The molecule has 2 atom stereocenters. The molecule has 2 aromatic carbocycles. The van der Waals surface area contributed by atoms with Gasteiger partial charge in [0.05, 0.1) is 12.5 Å². The van der Waals surface area contributed by atoms with Crippen molar-refractivity contribution in [3.63, 3.8) is 0 Å². The number of benzene rings is 2. The van der Waals surface area contributed by atoms with E-state index in [2.05, 4.69) is 17.4 Å². The van der Waals surface area contributed by atoms with Gasteiger partial charge in [-0.05, 0) is 42.9 Å². The second-order valence-corrected chi connectivity index (χ2v) is 6.04. The van der Waals surface area contributed by atoms with Gasteiger partial charge in [-0.2, -0.15) is 0 Å². The summed E-state index contributed by atoms with van der Waals surface area (Å²) in [6, 6.07) is 19.7. The first-order chi connectivity index (χ1) is 11.1. The number of amides is 1. The second kappa shape index (κ2) is 9.11. The van der Waals surface area contributed by atoms with Crippen molar-refractivity contribution in [1.29, 1.82) is 0 Å². The Hall–Kier alpha value is -2.13. The first-order valence-corrected chi connectivity index (χ1v) is 8.22. The van der Waals surface area contributed by atoms with Crippen LogP contribution in [0.25, 0.3) is 0 Å². The van der Waals surface area contributed by atoms with Crippen LogP contribution in [0.4, 0.5) is 5.69 Å². The monoisotopic (exact) mass is 311 g/mol. The van der Waals surface area contributed by atoms with E-state index in [1.807, 2.05) is 55.5 Å². The van der Waals surface area contributed by atoms with Crippen LogP contribution < -0.4 is 5.32 Å². The van der Waals surface area contributed by atoms with Crippen molar-refractivity contribution < 1.29 is 9.90 Å². The molecule has 0 saturated heterocycles. The zero-order valence-corrected chi connectivity index (χ0v) is 13.6. The topological polar surface area (TPSA) is 49.3 Å². The van der Waals surface area contributed by atoms with Crippen LogP contribution in [0.2, 0.25) is 0 Å². The molecule has 23 heavy (non-hydrogen) atoms. The van der Waals surface area contributed by atoms with Crippen LogP contribution in [0.15, 0.2) is 60.7 Å². The van der Waals surface area contributed by atoms with E-state index in [9.17, 15) is 9.90 Å². The van der Waals surface area contributed by atoms with E-state index in [-0.39, 0.29) is 18.2 Å². The summed E-state index contributed by atoms with van der Waals surface area (Å²) in [5.74, 6) is -0.0288. The lowest BCUT2D eigenvalue weighted by molar-refractivity contribution is -0.118. The third kappa shape index (κ3) is 6.25. The number of aliphatic hydroxyl groups is 1. The van der Waals surface area contributed by atoms with E-state index in [4.69, 9.17) is 0 Å². The number of aryl methyl sites for hydroxylation is 1. The van der Waals surface area contributed by atoms with Crippen molar-refractivity contribution in [2.75, 3.05) is 5.32 Å². The molecule has 0 spiro atoms. The van der Waals surface area contributed by atoms with Gasteiger partial charge in [-0.25, -0.2) is 0 Å². The van der Waals surface area contributed by atoms with Gasteiger partial charge in [0.15, 0.2) is 0 Å². The van der Waals surface area contributed by atoms with Crippen molar-refractivity contribution in [2.24, 2.45) is 5.92 Å². The average molecular weight is 311 g/mol. The first kappa shape index (κ1) is 17.2. The molecule has 0 unspecified atom stereocenters. The Bertz CT molecular complexity index is 583. The highest BCUT2D eigenvalue weighted by Crippen LogP contribution is 2.17. The van der Waals surface area contributed by atoms with Crippen molar-refractivity contribution >= 4 is 11.6 Å². The van der Waals surface area contributed by atoms with Crippen molar-refractivity contribution in [3.8, 4) is 0 Å². The summed E-state index contributed by atoms with van der Waals surface area (Å²) in [7, 11) is 0. The van der Waals surface area contributed by atoms with Gasteiger partial charge in [0.25, 0.3) is 0 Å². The van der Waals surface area contributed by atoms with Gasteiger partial charge in [-0.3, -0.25) is 4.79 Å². The minimum Gasteiger partial charge on any atom is -0.392 e. The Morgan fingerprint density at radius 2 is 1.65 bits per heavy atom. The number of aliphatic hydroxyl groups excluding tert-OH is 1. The minimum absolute atomic E-state index is 0.111. The number of hydrogen-bond donors (Lipinski definition) is 2. The van der Waals surface area contributed by atoms with Gasteiger partial charge >= 0.3 is 0 Å². The molecular weight excluding hydrogens is 286 g/mol. The van der Waals surface area contributed by atoms with Crippen molar-refractivity contribution in [1.82, 2.24) is 0 Å². The van der Waals surface area contributed by atoms with E-state index in [0.29, 0.717) is 0 Å². The molecular formula is C20H25NO2. The fraction of sp³-hybridized carbons (Fsp3) is 0.350. The highest BCUT2D eigenvalue weighted by atomic mass is 16.3. The van der Waals surface area contributed by atoms with E-state index in [0.717, 1.165) is 24.9 Å².